The van der Waals surface area contributed by atoms with Crippen molar-refractivity contribution in [1.29, 1.82) is 0 Å². The van der Waals surface area contributed by atoms with Crippen molar-refractivity contribution in [2.45, 2.75) is 4.90 Å². The number of carbonyl (C=O) groups excluding carboxylic acids is 1. The molecule has 28 heavy (non-hydrogen) atoms. The molecule has 3 rings (SSSR count). The standard InChI is InChI=1S/C21H15ClN2O3S/c1-2-15-5-3-7-19(13-15)23-21(25)16-6-4-8-20(14-16)28(26,27)24-18-11-9-17(22)10-12-18/h1,3-14,24H,(H,23,25). The van der Waals surface area contributed by atoms with Crippen LogP contribution >= 0.6 is 11.6 Å². The number of nitrogens with one attached hydrogen (secondary N) is 2. The summed E-state index contributed by atoms with van der Waals surface area (Å²) in [7, 11) is -3.87. The first-order valence-electron chi connectivity index (χ1n) is 8.14. The highest BCUT2D eigenvalue weighted by Crippen LogP contribution is 2.20. The van der Waals surface area contributed by atoms with E-state index in [2.05, 4.69) is 16.0 Å². The molecular formula is C21H15ClN2O3S. The normalized spacial score (nSPS) is 10.7. The zero-order valence-electron chi connectivity index (χ0n) is 14.5. The highest BCUT2D eigenvalue weighted by molar-refractivity contribution is 7.92. The maximum atomic E-state index is 12.6. The average molecular weight is 411 g/mol. The van der Waals surface area contributed by atoms with Crippen molar-refractivity contribution < 1.29 is 13.2 Å². The summed E-state index contributed by atoms with van der Waals surface area (Å²) >= 11 is 5.81. The largest absolute Gasteiger partial charge is 0.322 e. The van der Waals surface area contributed by atoms with Gasteiger partial charge in [-0.1, -0.05) is 29.7 Å². The highest BCUT2D eigenvalue weighted by Gasteiger charge is 2.17. The molecule has 140 valence electrons. The van der Waals surface area contributed by atoms with Crippen molar-refractivity contribution in [2.24, 2.45) is 0 Å². The van der Waals surface area contributed by atoms with Crippen LogP contribution in [0.25, 0.3) is 0 Å². The van der Waals surface area contributed by atoms with E-state index in [1.807, 2.05) is 0 Å². The summed E-state index contributed by atoms with van der Waals surface area (Å²) in [6, 6.07) is 18.8. The molecule has 0 atom stereocenters. The van der Waals surface area contributed by atoms with Crippen LogP contribution in [0.4, 0.5) is 11.4 Å². The lowest BCUT2D eigenvalue weighted by Crippen LogP contribution is -2.16. The zero-order valence-corrected chi connectivity index (χ0v) is 16.1. The summed E-state index contributed by atoms with van der Waals surface area (Å²) in [5, 5.41) is 3.20. The van der Waals surface area contributed by atoms with Gasteiger partial charge in [0.15, 0.2) is 0 Å². The maximum absolute atomic E-state index is 12.6. The Balaban J connectivity index is 1.81. The third-order valence-corrected chi connectivity index (χ3v) is 5.42. The predicted octanol–water partition coefficient (Wildman–Crippen LogP) is 4.37. The van der Waals surface area contributed by atoms with E-state index in [9.17, 15) is 13.2 Å². The predicted molar refractivity (Wildman–Crippen MR) is 111 cm³/mol. The number of halogens is 1. The Morgan fingerprint density at radius 1 is 0.929 bits per heavy atom. The highest BCUT2D eigenvalue weighted by atomic mass is 35.5. The van der Waals surface area contributed by atoms with Gasteiger partial charge in [0.1, 0.15) is 0 Å². The van der Waals surface area contributed by atoms with Crippen molar-refractivity contribution in [3.05, 3.63) is 88.9 Å². The van der Waals surface area contributed by atoms with Gasteiger partial charge in [0.05, 0.1) is 4.90 Å². The number of carbonyl (C=O) groups is 1. The second-order valence-corrected chi connectivity index (χ2v) is 7.94. The molecule has 0 saturated heterocycles. The van der Waals surface area contributed by atoms with Crippen LogP contribution in [-0.4, -0.2) is 14.3 Å². The second-order valence-electron chi connectivity index (χ2n) is 5.82. The number of hydrogen-bond donors (Lipinski definition) is 2. The summed E-state index contributed by atoms with van der Waals surface area (Å²) in [5.74, 6) is 2.04. The first-order chi connectivity index (χ1) is 13.4. The van der Waals surface area contributed by atoms with Gasteiger partial charge in [-0.3, -0.25) is 9.52 Å². The Morgan fingerprint density at radius 2 is 1.64 bits per heavy atom. The lowest BCUT2D eigenvalue weighted by Gasteiger charge is -2.10. The van der Waals surface area contributed by atoms with Crippen molar-refractivity contribution >= 4 is 38.9 Å². The van der Waals surface area contributed by atoms with Crippen molar-refractivity contribution in [2.75, 3.05) is 10.0 Å². The molecule has 0 bridgehead atoms. The van der Waals surface area contributed by atoms with E-state index < -0.39 is 15.9 Å². The van der Waals surface area contributed by atoms with Gasteiger partial charge in [-0.2, -0.15) is 0 Å². The molecule has 7 heteroatoms. The summed E-state index contributed by atoms with van der Waals surface area (Å²) in [4.78, 5) is 12.5. The van der Waals surface area contributed by atoms with E-state index in [-0.39, 0.29) is 10.5 Å². The zero-order chi connectivity index (χ0) is 20.1. The molecule has 3 aromatic carbocycles. The molecule has 3 aromatic rings. The lowest BCUT2D eigenvalue weighted by atomic mass is 10.2. The molecule has 0 aliphatic rings. The molecular weight excluding hydrogens is 396 g/mol. The third-order valence-electron chi connectivity index (χ3n) is 3.79. The minimum Gasteiger partial charge on any atom is -0.322 e. The third kappa shape index (κ3) is 4.71. The molecule has 1 amide bonds. The van der Waals surface area contributed by atoms with E-state index in [1.54, 1.807) is 48.5 Å². The average Bonchev–Trinajstić information content (AvgIpc) is 2.70. The SMILES string of the molecule is C#Cc1cccc(NC(=O)c2cccc(S(=O)(=O)Nc3ccc(Cl)cc3)c2)c1. The minimum absolute atomic E-state index is 0.0347. The van der Waals surface area contributed by atoms with Crippen LogP contribution in [0, 0.1) is 12.3 Å². The van der Waals surface area contributed by atoms with Crippen LogP contribution in [0.5, 0.6) is 0 Å². The smallest absolute Gasteiger partial charge is 0.261 e. The number of benzene rings is 3. The monoisotopic (exact) mass is 410 g/mol. The summed E-state index contributed by atoms with van der Waals surface area (Å²) in [6.45, 7) is 0. The molecule has 0 spiro atoms. The molecule has 0 radical (unpaired) electrons. The summed E-state index contributed by atoms with van der Waals surface area (Å²) < 4.78 is 27.7. The van der Waals surface area contributed by atoms with Gasteiger partial charge in [-0.15, -0.1) is 6.42 Å². The van der Waals surface area contributed by atoms with Gasteiger partial charge in [-0.25, -0.2) is 8.42 Å². The topological polar surface area (TPSA) is 75.3 Å². The van der Waals surface area contributed by atoms with Crippen molar-refractivity contribution in [1.82, 2.24) is 0 Å². The fraction of sp³-hybridized carbons (Fsp3) is 0. The molecule has 0 aliphatic carbocycles. The minimum atomic E-state index is -3.87. The molecule has 5 nitrogen and oxygen atoms in total. The molecule has 0 aromatic heterocycles. The van der Waals surface area contributed by atoms with E-state index in [1.165, 1.54) is 24.3 Å². The van der Waals surface area contributed by atoms with E-state index in [0.29, 0.717) is 22.0 Å². The first kappa shape index (κ1) is 19.5. The van der Waals surface area contributed by atoms with Crippen LogP contribution in [0.15, 0.2) is 77.7 Å². The van der Waals surface area contributed by atoms with Gasteiger partial charge in [0.2, 0.25) is 0 Å². The fourth-order valence-electron chi connectivity index (χ4n) is 2.43. The molecule has 0 heterocycles. The van der Waals surface area contributed by atoms with Gasteiger partial charge in [-0.05, 0) is 60.7 Å². The van der Waals surface area contributed by atoms with E-state index in [4.69, 9.17) is 18.0 Å². The summed E-state index contributed by atoms with van der Waals surface area (Å²) in [6.07, 6.45) is 5.36. The van der Waals surface area contributed by atoms with Gasteiger partial charge >= 0.3 is 0 Å². The number of hydrogen-bond acceptors (Lipinski definition) is 3. The van der Waals surface area contributed by atoms with Crippen LogP contribution in [0.2, 0.25) is 5.02 Å². The number of sulfonamides is 1. The quantitative estimate of drug-likeness (QED) is 0.613. The van der Waals surface area contributed by atoms with Gasteiger partial charge in [0, 0.05) is 27.5 Å². The van der Waals surface area contributed by atoms with Crippen LogP contribution in [0.3, 0.4) is 0 Å². The van der Waals surface area contributed by atoms with E-state index >= 15 is 0 Å². The molecule has 0 aliphatic heterocycles. The fourth-order valence-corrected chi connectivity index (χ4v) is 3.66. The van der Waals surface area contributed by atoms with Crippen LogP contribution in [-0.2, 0) is 10.0 Å². The number of amides is 1. The van der Waals surface area contributed by atoms with Gasteiger partial charge in [0.25, 0.3) is 15.9 Å². The second kappa shape index (κ2) is 8.17. The van der Waals surface area contributed by atoms with Crippen molar-refractivity contribution in [3.8, 4) is 12.3 Å². The van der Waals surface area contributed by atoms with Crippen LogP contribution < -0.4 is 10.0 Å². The Kier molecular flexibility index (Phi) is 5.69. The van der Waals surface area contributed by atoms with Gasteiger partial charge < -0.3 is 5.32 Å². The van der Waals surface area contributed by atoms with Crippen LogP contribution in [0.1, 0.15) is 15.9 Å². The lowest BCUT2D eigenvalue weighted by molar-refractivity contribution is 0.102. The molecule has 0 unspecified atom stereocenters. The first-order valence-corrected chi connectivity index (χ1v) is 10.00. The molecule has 0 fully saturated rings. The Bertz CT molecular complexity index is 1170. The maximum Gasteiger partial charge on any atom is 0.261 e. The summed E-state index contributed by atoms with van der Waals surface area (Å²) in [5.41, 5.74) is 1.71. The number of terminal acetylenes is 1. The van der Waals surface area contributed by atoms with E-state index in [0.717, 1.165) is 0 Å². The number of anilines is 2. The number of rotatable bonds is 5. The van der Waals surface area contributed by atoms with Crippen molar-refractivity contribution in [3.63, 3.8) is 0 Å². The molecule has 0 saturated carbocycles. The Labute approximate surface area is 168 Å². The Hall–Kier alpha value is -3.27. The Morgan fingerprint density at radius 3 is 2.36 bits per heavy atom. The molecule has 2 N–H and O–H groups in total.